The number of nitrogens with zero attached hydrogens (tertiary/aromatic N) is 3. The lowest BCUT2D eigenvalue weighted by Crippen LogP contribution is -2.34. The summed E-state index contributed by atoms with van der Waals surface area (Å²) in [5.41, 5.74) is 0. The van der Waals surface area contributed by atoms with Gasteiger partial charge in [0.1, 0.15) is 0 Å². The molecule has 1 aromatic heterocycles. The maximum atomic E-state index is 5.75. The Labute approximate surface area is 114 Å². The van der Waals surface area contributed by atoms with Gasteiger partial charge in [-0.05, 0) is 26.2 Å². The SMILES string of the molecule is CCC1CCC(C)N1c1nnc(CNCCOC)o1. The molecule has 19 heavy (non-hydrogen) atoms. The minimum atomic E-state index is 0.486. The Balaban J connectivity index is 1.92. The van der Waals surface area contributed by atoms with Crippen molar-refractivity contribution >= 4 is 6.01 Å². The Kier molecular flexibility index (Phi) is 5.15. The molecule has 1 fully saturated rings. The summed E-state index contributed by atoms with van der Waals surface area (Å²) < 4.78 is 10.7. The first kappa shape index (κ1) is 14.3. The van der Waals surface area contributed by atoms with Crippen LogP contribution >= 0.6 is 0 Å². The van der Waals surface area contributed by atoms with E-state index >= 15 is 0 Å². The molecule has 2 atom stereocenters. The lowest BCUT2D eigenvalue weighted by Gasteiger charge is -2.25. The summed E-state index contributed by atoms with van der Waals surface area (Å²) in [6, 6.07) is 1.69. The van der Waals surface area contributed by atoms with E-state index in [9.17, 15) is 0 Å². The number of aromatic nitrogens is 2. The molecule has 0 amide bonds. The van der Waals surface area contributed by atoms with Crippen molar-refractivity contribution < 1.29 is 9.15 Å². The zero-order valence-electron chi connectivity index (χ0n) is 12.1. The Morgan fingerprint density at radius 2 is 2.26 bits per heavy atom. The predicted octanol–water partition coefficient (Wildman–Crippen LogP) is 1.57. The molecule has 1 saturated heterocycles. The van der Waals surface area contributed by atoms with Crippen molar-refractivity contribution in [3.63, 3.8) is 0 Å². The summed E-state index contributed by atoms with van der Waals surface area (Å²) in [6.07, 6.45) is 3.53. The van der Waals surface area contributed by atoms with Crippen LogP contribution in [0.1, 0.15) is 39.0 Å². The van der Waals surface area contributed by atoms with Crippen molar-refractivity contribution in [1.29, 1.82) is 0 Å². The number of hydrogen-bond acceptors (Lipinski definition) is 6. The highest BCUT2D eigenvalue weighted by atomic mass is 16.5. The van der Waals surface area contributed by atoms with Gasteiger partial charge in [-0.25, -0.2) is 0 Å². The van der Waals surface area contributed by atoms with Crippen LogP contribution in [0.2, 0.25) is 0 Å². The van der Waals surface area contributed by atoms with E-state index in [0.29, 0.717) is 37.1 Å². The van der Waals surface area contributed by atoms with Gasteiger partial charge in [-0.2, -0.15) is 0 Å². The zero-order chi connectivity index (χ0) is 13.7. The molecule has 6 heteroatoms. The summed E-state index contributed by atoms with van der Waals surface area (Å²) in [4.78, 5) is 2.27. The highest BCUT2D eigenvalue weighted by Crippen LogP contribution is 2.30. The van der Waals surface area contributed by atoms with Gasteiger partial charge in [-0.1, -0.05) is 12.0 Å². The molecular weight excluding hydrogens is 244 g/mol. The quantitative estimate of drug-likeness (QED) is 0.757. The molecule has 0 bridgehead atoms. The van der Waals surface area contributed by atoms with Crippen molar-refractivity contribution in [1.82, 2.24) is 15.5 Å². The van der Waals surface area contributed by atoms with Crippen LogP contribution in [-0.2, 0) is 11.3 Å². The van der Waals surface area contributed by atoms with Crippen molar-refractivity contribution in [2.45, 2.75) is 51.7 Å². The van der Waals surface area contributed by atoms with Gasteiger partial charge in [0.15, 0.2) is 0 Å². The van der Waals surface area contributed by atoms with E-state index in [1.54, 1.807) is 7.11 Å². The van der Waals surface area contributed by atoms with E-state index in [-0.39, 0.29) is 0 Å². The van der Waals surface area contributed by atoms with E-state index in [2.05, 4.69) is 34.3 Å². The zero-order valence-corrected chi connectivity index (χ0v) is 12.1. The Hall–Kier alpha value is -1.14. The van der Waals surface area contributed by atoms with Gasteiger partial charge in [-0.3, -0.25) is 0 Å². The molecule has 6 nitrogen and oxygen atoms in total. The van der Waals surface area contributed by atoms with Gasteiger partial charge in [0.2, 0.25) is 5.89 Å². The molecule has 1 aliphatic heterocycles. The lowest BCUT2D eigenvalue weighted by atomic mass is 10.2. The highest BCUT2D eigenvalue weighted by molar-refractivity contribution is 5.31. The number of anilines is 1. The fourth-order valence-electron chi connectivity index (χ4n) is 2.61. The fraction of sp³-hybridized carbons (Fsp3) is 0.846. The monoisotopic (exact) mass is 268 g/mol. The van der Waals surface area contributed by atoms with Gasteiger partial charge in [-0.15, -0.1) is 5.10 Å². The predicted molar refractivity (Wildman–Crippen MR) is 73.1 cm³/mol. The largest absolute Gasteiger partial charge is 0.407 e. The second-order valence-electron chi connectivity index (χ2n) is 5.04. The van der Waals surface area contributed by atoms with E-state index in [1.165, 1.54) is 12.8 Å². The topological polar surface area (TPSA) is 63.4 Å². The molecule has 2 rings (SSSR count). The van der Waals surface area contributed by atoms with Gasteiger partial charge in [0.25, 0.3) is 0 Å². The normalized spacial score (nSPS) is 23.2. The molecule has 0 radical (unpaired) electrons. The number of hydrogen-bond donors (Lipinski definition) is 1. The van der Waals surface area contributed by atoms with Crippen LogP contribution in [0.5, 0.6) is 0 Å². The average molecular weight is 268 g/mol. The van der Waals surface area contributed by atoms with E-state index < -0.39 is 0 Å². The second-order valence-corrected chi connectivity index (χ2v) is 5.04. The maximum Gasteiger partial charge on any atom is 0.318 e. The van der Waals surface area contributed by atoms with Gasteiger partial charge in [0.05, 0.1) is 13.2 Å². The molecule has 1 N–H and O–H groups in total. The molecule has 0 spiro atoms. The second kappa shape index (κ2) is 6.86. The first-order valence-electron chi connectivity index (χ1n) is 7.06. The fourth-order valence-corrected chi connectivity index (χ4v) is 2.61. The number of nitrogens with one attached hydrogen (secondary N) is 1. The number of methoxy groups -OCH3 is 1. The molecule has 0 saturated carbocycles. The molecular formula is C13H24N4O2. The molecule has 2 unspecified atom stereocenters. The summed E-state index contributed by atoms with van der Waals surface area (Å²) in [7, 11) is 1.69. The van der Waals surface area contributed by atoms with Crippen molar-refractivity contribution in [2.75, 3.05) is 25.2 Å². The molecule has 1 aliphatic rings. The first-order valence-corrected chi connectivity index (χ1v) is 7.06. The average Bonchev–Trinajstić information content (AvgIpc) is 3.01. The van der Waals surface area contributed by atoms with Crippen LogP contribution in [0.25, 0.3) is 0 Å². The molecule has 0 aliphatic carbocycles. The smallest absolute Gasteiger partial charge is 0.318 e. The minimum Gasteiger partial charge on any atom is -0.407 e. The van der Waals surface area contributed by atoms with Gasteiger partial charge < -0.3 is 19.4 Å². The van der Waals surface area contributed by atoms with Crippen LogP contribution in [0, 0.1) is 0 Å². The van der Waals surface area contributed by atoms with Crippen molar-refractivity contribution in [3.05, 3.63) is 5.89 Å². The van der Waals surface area contributed by atoms with Crippen LogP contribution < -0.4 is 10.2 Å². The maximum absolute atomic E-state index is 5.75. The third-order valence-electron chi connectivity index (χ3n) is 3.69. The molecule has 0 aromatic carbocycles. The van der Waals surface area contributed by atoms with E-state index in [0.717, 1.165) is 13.0 Å². The third kappa shape index (κ3) is 3.45. The van der Waals surface area contributed by atoms with Crippen molar-refractivity contribution in [3.8, 4) is 0 Å². The molecule has 108 valence electrons. The molecule has 2 heterocycles. The van der Waals surface area contributed by atoms with Crippen LogP contribution in [0.4, 0.5) is 6.01 Å². The Morgan fingerprint density at radius 3 is 3.00 bits per heavy atom. The Morgan fingerprint density at radius 1 is 1.42 bits per heavy atom. The highest BCUT2D eigenvalue weighted by Gasteiger charge is 2.32. The van der Waals surface area contributed by atoms with Gasteiger partial charge >= 0.3 is 6.01 Å². The number of rotatable bonds is 7. The first-order chi connectivity index (χ1) is 9.26. The number of ether oxygens (including phenoxy) is 1. The molecule has 1 aromatic rings. The summed E-state index contributed by atoms with van der Waals surface area (Å²) in [5, 5.41) is 11.5. The van der Waals surface area contributed by atoms with E-state index in [4.69, 9.17) is 9.15 Å². The van der Waals surface area contributed by atoms with Crippen molar-refractivity contribution in [2.24, 2.45) is 0 Å². The summed E-state index contributed by atoms with van der Waals surface area (Å²) in [5.74, 6) is 0.639. The minimum absolute atomic E-state index is 0.486. The Bertz CT molecular complexity index is 382. The van der Waals surface area contributed by atoms with Crippen LogP contribution in [-0.4, -0.2) is 42.5 Å². The van der Waals surface area contributed by atoms with E-state index in [1.807, 2.05) is 0 Å². The van der Waals surface area contributed by atoms with Crippen LogP contribution in [0.15, 0.2) is 4.42 Å². The van der Waals surface area contributed by atoms with Crippen LogP contribution in [0.3, 0.4) is 0 Å². The lowest BCUT2D eigenvalue weighted by molar-refractivity contribution is 0.198. The summed E-state index contributed by atoms with van der Waals surface area (Å²) >= 11 is 0. The summed E-state index contributed by atoms with van der Waals surface area (Å²) in [6.45, 7) is 6.49. The third-order valence-corrected chi connectivity index (χ3v) is 3.69. The standard InChI is InChI=1S/C13H24N4O2/c1-4-11-6-5-10(2)17(11)13-16-15-12(19-13)9-14-7-8-18-3/h10-11,14H,4-9H2,1-3H3. The van der Waals surface area contributed by atoms with Gasteiger partial charge in [0, 0.05) is 25.7 Å².